The molecule has 128 valence electrons. The number of esters is 1. The van der Waals surface area contributed by atoms with E-state index in [4.69, 9.17) is 9.47 Å². The summed E-state index contributed by atoms with van der Waals surface area (Å²) in [6.07, 6.45) is 1.67. The molecule has 1 heterocycles. The molecule has 5 nitrogen and oxygen atoms in total. The van der Waals surface area contributed by atoms with Crippen LogP contribution in [0.2, 0.25) is 0 Å². The monoisotopic (exact) mass is 393 g/mol. The van der Waals surface area contributed by atoms with Gasteiger partial charge in [0.1, 0.15) is 5.75 Å². The Morgan fingerprint density at radius 2 is 1.96 bits per heavy atom. The number of allylic oxidation sites excluding steroid dienone is 1. The lowest BCUT2D eigenvalue weighted by Gasteiger charge is -2.22. The van der Waals surface area contributed by atoms with E-state index in [2.05, 4.69) is 15.9 Å². The van der Waals surface area contributed by atoms with Crippen LogP contribution >= 0.6 is 15.9 Å². The summed E-state index contributed by atoms with van der Waals surface area (Å²) in [5, 5.41) is 0. The highest BCUT2D eigenvalue weighted by molar-refractivity contribution is 9.10. The molecule has 0 unspecified atom stereocenters. The van der Waals surface area contributed by atoms with Gasteiger partial charge in [-0.15, -0.1) is 0 Å². The van der Waals surface area contributed by atoms with Crippen LogP contribution in [-0.2, 0) is 14.3 Å². The summed E-state index contributed by atoms with van der Waals surface area (Å²) in [5.74, 6) is -0.127. The third-order valence-electron chi connectivity index (χ3n) is 3.84. The zero-order valence-electron chi connectivity index (χ0n) is 14.3. The lowest BCUT2D eigenvalue weighted by Crippen LogP contribution is -2.31. The summed E-state index contributed by atoms with van der Waals surface area (Å²) < 4.78 is 11.1. The van der Waals surface area contributed by atoms with Crippen molar-refractivity contribution in [3.8, 4) is 5.75 Å². The molecule has 0 atom stereocenters. The molecule has 0 fully saturated rings. The maximum Gasteiger partial charge on any atom is 0.340 e. The third kappa shape index (κ3) is 3.24. The van der Waals surface area contributed by atoms with Crippen molar-refractivity contribution in [2.45, 2.75) is 26.8 Å². The minimum Gasteiger partial charge on any atom is -0.496 e. The third-order valence-corrected chi connectivity index (χ3v) is 4.33. The number of hydrogen-bond donors (Lipinski definition) is 0. The first kappa shape index (κ1) is 18.3. The molecule has 2 rings (SSSR count). The largest absolute Gasteiger partial charge is 0.496 e. The minimum absolute atomic E-state index is 0.0625. The molecule has 0 aromatic heterocycles. The number of amides is 1. The fraction of sp³-hybridized carbons (Fsp3) is 0.333. The zero-order valence-corrected chi connectivity index (χ0v) is 15.9. The Kier molecular flexibility index (Phi) is 5.49. The molecular weight excluding hydrogens is 374 g/mol. The van der Waals surface area contributed by atoms with Gasteiger partial charge in [-0.3, -0.25) is 4.79 Å². The number of halogens is 1. The van der Waals surface area contributed by atoms with Crippen LogP contribution < -0.4 is 4.74 Å². The van der Waals surface area contributed by atoms with Crippen LogP contribution in [0.15, 0.2) is 39.5 Å². The van der Waals surface area contributed by atoms with Gasteiger partial charge in [0.05, 0.1) is 25.4 Å². The van der Waals surface area contributed by atoms with Crippen molar-refractivity contribution in [2.24, 2.45) is 0 Å². The van der Waals surface area contributed by atoms with Gasteiger partial charge in [0.15, 0.2) is 0 Å². The molecule has 1 aliphatic rings. The van der Waals surface area contributed by atoms with E-state index in [1.165, 1.54) is 7.11 Å². The molecule has 0 saturated carbocycles. The van der Waals surface area contributed by atoms with Crippen molar-refractivity contribution in [2.75, 3.05) is 14.2 Å². The number of carbonyl (C=O) groups excluding carboxylic acids is 2. The number of carbonyl (C=O) groups is 2. The fourth-order valence-electron chi connectivity index (χ4n) is 2.79. The van der Waals surface area contributed by atoms with Crippen LogP contribution in [-0.4, -0.2) is 37.0 Å². The highest BCUT2D eigenvalue weighted by Gasteiger charge is 2.38. The molecular formula is C18H20BrNO4. The maximum atomic E-state index is 12.8. The SMILES string of the molecule is COC(=O)C1=C(C)N(C(C)C)C(=O)/C1=C\c1cc(Br)ccc1OC. The van der Waals surface area contributed by atoms with Crippen molar-refractivity contribution in [3.63, 3.8) is 0 Å². The van der Waals surface area contributed by atoms with Gasteiger partial charge in [-0.25, -0.2) is 4.79 Å². The van der Waals surface area contributed by atoms with Crippen LogP contribution in [0.25, 0.3) is 6.08 Å². The average Bonchev–Trinajstić information content (AvgIpc) is 2.77. The van der Waals surface area contributed by atoms with Gasteiger partial charge in [-0.05, 0) is 45.0 Å². The Bertz CT molecular complexity index is 749. The summed E-state index contributed by atoms with van der Waals surface area (Å²) >= 11 is 3.41. The summed E-state index contributed by atoms with van der Waals surface area (Å²) in [4.78, 5) is 26.7. The van der Waals surface area contributed by atoms with E-state index < -0.39 is 5.97 Å². The second-order valence-electron chi connectivity index (χ2n) is 5.67. The van der Waals surface area contributed by atoms with E-state index in [1.54, 1.807) is 31.1 Å². The van der Waals surface area contributed by atoms with Gasteiger partial charge in [-0.2, -0.15) is 0 Å². The predicted molar refractivity (Wildman–Crippen MR) is 95.4 cm³/mol. The summed E-state index contributed by atoms with van der Waals surface area (Å²) in [6, 6.07) is 5.42. The Hall–Kier alpha value is -2.08. The fourth-order valence-corrected chi connectivity index (χ4v) is 3.17. The van der Waals surface area contributed by atoms with Crippen LogP contribution in [0.4, 0.5) is 0 Å². The Balaban J connectivity index is 2.65. The van der Waals surface area contributed by atoms with E-state index in [0.717, 1.165) is 4.47 Å². The van der Waals surface area contributed by atoms with Gasteiger partial charge >= 0.3 is 5.97 Å². The molecule has 1 amide bonds. The first-order valence-corrected chi connectivity index (χ1v) is 8.29. The van der Waals surface area contributed by atoms with E-state index >= 15 is 0 Å². The minimum atomic E-state index is -0.524. The molecule has 0 spiro atoms. The van der Waals surface area contributed by atoms with Crippen molar-refractivity contribution >= 4 is 33.9 Å². The highest BCUT2D eigenvalue weighted by Crippen LogP contribution is 2.35. The second-order valence-corrected chi connectivity index (χ2v) is 6.58. The number of ether oxygens (including phenoxy) is 2. The molecule has 1 aromatic rings. The molecule has 6 heteroatoms. The lowest BCUT2D eigenvalue weighted by atomic mass is 10.0. The van der Waals surface area contributed by atoms with E-state index in [0.29, 0.717) is 28.2 Å². The van der Waals surface area contributed by atoms with Gasteiger partial charge in [-0.1, -0.05) is 15.9 Å². The van der Waals surface area contributed by atoms with E-state index in [9.17, 15) is 9.59 Å². The average molecular weight is 394 g/mol. The quantitative estimate of drug-likeness (QED) is 0.579. The number of methoxy groups -OCH3 is 2. The Morgan fingerprint density at radius 3 is 2.50 bits per heavy atom. The molecule has 0 N–H and O–H groups in total. The molecule has 1 aromatic carbocycles. The van der Waals surface area contributed by atoms with Crippen molar-refractivity contribution in [3.05, 3.63) is 45.1 Å². The van der Waals surface area contributed by atoms with Crippen molar-refractivity contribution < 1.29 is 19.1 Å². The van der Waals surface area contributed by atoms with E-state index in [-0.39, 0.29) is 11.9 Å². The topological polar surface area (TPSA) is 55.8 Å². The first-order valence-electron chi connectivity index (χ1n) is 7.50. The van der Waals surface area contributed by atoms with Crippen LogP contribution in [0.3, 0.4) is 0 Å². The lowest BCUT2D eigenvalue weighted by molar-refractivity contribution is -0.136. The molecule has 0 saturated heterocycles. The Labute approximate surface area is 150 Å². The summed E-state index contributed by atoms with van der Waals surface area (Å²) in [7, 11) is 2.87. The van der Waals surface area contributed by atoms with E-state index in [1.807, 2.05) is 26.0 Å². The molecule has 1 aliphatic heterocycles. The maximum absolute atomic E-state index is 12.8. The first-order chi connectivity index (χ1) is 11.3. The number of rotatable bonds is 4. The second kappa shape index (κ2) is 7.21. The number of hydrogen-bond acceptors (Lipinski definition) is 4. The molecule has 0 bridgehead atoms. The number of nitrogens with zero attached hydrogens (tertiary/aromatic N) is 1. The summed E-state index contributed by atoms with van der Waals surface area (Å²) in [6.45, 7) is 5.56. The van der Waals surface area contributed by atoms with Gasteiger partial charge in [0.25, 0.3) is 5.91 Å². The zero-order chi connectivity index (χ0) is 18.0. The van der Waals surface area contributed by atoms with Crippen LogP contribution in [0.5, 0.6) is 5.75 Å². The smallest absolute Gasteiger partial charge is 0.340 e. The predicted octanol–water partition coefficient (Wildman–Crippen LogP) is 3.54. The van der Waals surface area contributed by atoms with Gasteiger partial charge in [0.2, 0.25) is 0 Å². The Morgan fingerprint density at radius 1 is 1.29 bits per heavy atom. The van der Waals surface area contributed by atoms with Gasteiger partial charge in [0, 0.05) is 21.8 Å². The van der Waals surface area contributed by atoms with Gasteiger partial charge < -0.3 is 14.4 Å². The standard InChI is InChI=1S/C18H20BrNO4/c1-10(2)20-11(3)16(18(22)24-5)14(17(20)21)9-12-8-13(19)6-7-15(12)23-4/h6-10H,1-5H3/b14-9-. The van der Waals surface area contributed by atoms with Crippen molar-refractivity contribution in [1.82, 2.24) is 4.90 Å². The number of benzene rings is 1. The molecule has 0 radical (unpaired) electrons. The highest BCUT2D eigenvalue weighted by atomic mass is 79.9. The van der Waals surface area contributed by atoms with Crippen LogP contribution in [0.1, 0.15) is 26.3 Å². The van der Waals surface area contributed by atoms with Crippen molar-refractivity contribution in [1.29, 1.82) is 0 Å². The molecule has 0 aliphatic carbocycles. The van der Waals surface area contributed by atoms with Crippen LogP contribution in [0, 0.1) is 0 Å². The summed E-state index contributed by atoms with van der Waals surface area (Å²) in [5.41, 5.74) is 1.90. The molecule has 24 heavy (non-hydrogen) atoms. The normalized spacial score (nSPS) is 16.4.